The van der Waals surface area contributed by atoms with Gasteiger partial charge in [0.1, 0.15) is 11.2 Å². The van der Waals surface area contributed by atoms with Gasteiger partial charge in [-0.2, -0.15) is 0 Å². The number of hydrogen-bond acceptors (Lipinski definition) is 2. The maximum atomic E-state index is 7.68. The van der Waals surface area contributed by atoms with Crippen molar-refractivity contribution in [3.63, 3.8) is 0 Å². The largest absolute Gasteiger partial charge is 0.466 e. The Morgan fingerprint density at radius 1 is 0.515 bits per heavy atom. The van der Waals surface area contributed by atoms with E-state index in [0.29, 0.717) is 0 Å². The van der Waals surface area contributed by atoms with Crippen LogP contribution in [0.2, 0.25) is 0 Å². The second-order valence-electron chi connectivity index (χ2n) is 25.6. The van der Waals surface area contributed by atoms with Crippen LogP contribution in [0.1, 0.15) is 156 Å². The van der Waals surface area contributed by atoms with Crippen molar-refractivity contribution in [1.82, 2.24) is 4.48 Å². The molecule has 8 aromatic rings. The highest BCUT2D eigenvalue weighted by molar-refractivity contribution is 6.89. The first-order valence-corrected chi connectivity index (χ1v) is 24.9. The lowest BCUT2D eigenvalue weighted by atomic mass is 9.47. The molecule has 0 unspecified atom stereocenters. The van der Waals surface area contributed by atoms with Crippen molar-refractivity contribution in [2.24, 2.45) is 0 Å². The van der Waals surface area contributed by atoms with E-state index in [0.717, 1.165) is 30.5 Å². The molecule has 4 aliphatic rings. The Kier molecular flexibility index (Phi) is 8.35. The predicted octanol–water partition coefficient (Wildman–Crippen LogP) is 15.9. The fourth-order valence-corrected chi connectivity index (χ4v) is 12.7. The van der Waals surface area contributed by atoms with Gasteiger partial charge in [0.25, 0.3) is 0 Å². The average Bonchev–Trinajstić information content (AvgIpc) is 3.80. The minimum absolute atomic E-state index is 0.00451. The first kappa shape index (κ1) is 41.9. The van der Waals surface area contributed by atoms with Crippen LogP contribution in [0.4, 0.5) is 17.1 Å². The molecule has 0 saturated heterocycles. The number of fused-ring (bicyclic) bond motifs is 11. The van der Waals surface area contributed by atoms with Crippen molar-refractivity contribution >= 4 is 67.8 Å². The first-order valence-electron chi connectivity index (χ1n) is 24.9. The third kappa shape index (κ3) is 5.81. The summed E-state index contributed by atoms with van der Waals surface area (Å²) in [6.07, 6.45) is 4.66. The molecule has 6 aromatic carbocycles. The number of rotatable bonds is 2. The molecular formula is C62H67BN2O. The molecule has 0 atom stereocenters. The van der Waals surface area contributed by atoms with Gasteiger partial charge in [-0.1, -0.05) is 139 Å². The molecule has 0 radical (unpaired) electrons. The molecule has 2 aromatic heterocycles. The highest BCUT2D eigenvalue weighted by Crippen LogP contribution is 2.54. The smallest absolute Gasteiger partial charge is 0.375 e. The summed E-state index contributed by atoms with van der Waals surface area (Å²) in [5.41, 5.74) is 23.3. The normalized spacial score (nSPS) is 18.6. The maximum Gasteiger partial charge on any atom is 0.375 e. The summed E-state index contributed by atoms with van der Waals surface area (Å²) in [7, 11) is 0. The highest BCUT2D eigenvalue weighted by atomic mass is 16.3. The first-order chi connectivity index (χ1) is 30.9. The molecule has 0 bridgehead atoms. The number of furan rings is 1. The molecule has 3 nitrogen and oxygen atoms in total. The summed E-state index contributed by atoms with van der Waals surface area (Å²) in [6.45, 7) is 33.5. The molecule has 2 aliphatic heterocycles. The molecule has 0 amide bonds. The zero-order chi connectivity index (χ0) is 46.4. The van der Waals surface area contributed by atoms with Crippen molar-refractivity contribution in [1.29, 1.82) is 0 Å². The lowest BCUT2D eigenvalue weighted by Crippen LogP contribution is -2.56. The molecule has 0 N–H and O–H groups in total. The summed E-state index contributed by atoms with van der Waals surface area (Å²) in [5.74, 6) is 0. The van der Waals surface area contributed by atoms with Gasteiger partial charge < -0.3 is 13.8 Å². The Morgan fingerprint density at radius 2 is 1.12 bits per heavy atom. The SMILES string of the molecule is CC(C)(C)c1ccc2c(c1)c1cc(C(C)(C)C)cc3c1n2B1c2oc4cc5c(cc4c2N(c2ccc4c(c2)C(C)(C)CCC4(C)C)c2cc(-c4ccccc4)cc-3c21)C(C)(C)CCC5(C)C. The number of anilines is 3. The van der Waals surface area contributed by atoms with E-state index >= 15 is 0 Å². The fourth-order valence-electron chi connectivity index (χ4n) is 12.7. The maximum absolute atomic E-state index is 7.68. The van der Waals surface area contributed by atoms with E-state index in [1.165, 1.54) is 112 Å². The summed E-state index contributed by atoms with van der Waals surface area (Å²) in [4.78, 5) is 2.65. The molecule has 4 heterocycles. The molecule has 0 spiro atoms. The van der Waals surface area contributed by atoms with Crippen LogP contribution in [0.15, 0.2) is 108 Å². The standard InChI is InChI=1S/C62H67BN2O/c1-57(2,3)38-20-23-50-41(30-38)43-31-39(58(4,5)6)32-44-42-28-37(36-18-16-15-17-19-36)29-51-53(42)63(65(50)54(43)44)56-55(45-34-48-49(35-52(45)66-56)62(13,14)27-26-61(48,11)12)64(51)40-21-22-46-47(33-40)60(9,10)25-24-59(46,7)8/h15-23,28-35H,24-27H2,1-14H3. The quantitative estimate of drug-likeness (QED) is 0.161. The summed E-state index contributed by atoms with van der Waals surface area (Å²) in [5, 5.41) is 3.86. The third-order valence-electron chi connectivity index (χ3n) is 17.2. The van der Waals surface area contributed by atoms with E-state index in [9.17, 15) is 0 Å². The van der Waals surface area contributed by atoms with Gasteiger partial charge in [-0.3, -0.25) is 0 Å². The summed E-state index contributed by atoms with van der Waals surface area (Å²) >= 11 is 0. The molecule has 12 rings (SSSR count). The van der Waals surface area contributed by atoms with Gasteiger partial charge >= 0.3 is 6.85 Å². The van der Waals surface area contributed by atoms with E-state index in [1.54, 1.807) is 0 Å². The van der Waals surface area contributed by atoms with Crippen molar-refractivity contribution < 1.29 is 4.42 Å². The van der Waals surface area contributed by atoms with Crippen LogP contribution in [0.25, 0.3) is 55.0 Å². The zero-order valence-corrected chi connectivity index (χ0v) is 42.0. The second-order valence-corrected chi connectivity index (χ2v) is 25.6. The molecule has 334 valence electrons. The highest BCUT2D eigenvalue weighted by Gasteiger charge is 2.49. The number of nitrogens with zero attached hydrogens (tertiary/aromatic N) is 2. The van der Waals surface area contributed by atoms with E-state index in [1.807, 2.05) is 0 Å². The Morgan fingerprint density at radius 3 is 1.77 bits per heavy atom. The number of benzene rings is 6. The van der Waals surface area contributed by atoms with Crippen LogP contribution in [-0.4, -0.2) is 11.3 Å². The molecular weight excluding hydrogens is 800 g/mol. The van der Waals surface area contributed by atoms with Crippen molar-refractivity contribution in [2.45, 2.75) is 155 Å². The minimum Gasteiger partial charge on any atom is -0.466 e. The van der Waals surface area contributed by atoms with Crippen molar-refractivity contribution in [2.75, 3.05) is 4.90 Å². The number of hydrogen-bond donors (Lipinski definition) is 0. The van der Waals surface area contributed by atoms with Gasteiger partial charge in [0.2, 0.25) is 0 Å². The Labute approximate surface area is 393 Å². The molecule has 0 saturated carbocycles. The molecule has 66 heavy (non-hydrogen) atoms. The molecule has 2 aliphatic carbocycles. The minimum atomic E-state index is -0.182. The van der Waals surface area contributed by atoms with Crippen LogP contribution in [0.5, 0.6) is 0 Å². The lowest BCUT2D eigenvalue weighted by molar-refractivity contribution is 0.332. The van der Waals surface area contributed by atoms with Crippen LogP contribution in [0, 0.1) is 0 Å². The topological polar surface area (TPSA) is 21.3 Å². The van der Waals surface area contributed by atoms with Gasteiger partial charge in [-0.05, 0) is 174 Å². The summed E-state index contributed by atoms with van der Waals surface area (Å²) in [6, 6.07) is 40.9. The fraction of sp³-hybridized carbons (Fsp3) is 0.387. The Hall–Kier alpha value is -5.48. The van der Waals surface area contributed by atoms with E-state index in [-0.39, 0.29) is 39.3 Å². The van der Waals surface area contributed by atoms with E-state index in [4.69, 9.17) is 4.42 Å². The van der Waals surface area contributed by atoms with E-state index < -0.39 is 0 Å². The van der Waals surface area contributed by atoms with Gasteiger partial charge in [-0.25, -0.2) is 0 Å². The van der Waals surface area contributed by atoms with Crippen LogP contribution in [0.3, 0.4) is 0 Å². The van der Waals surface area contributed by atoms with E-state index in [2.05, 4.69) is 209 Å². The predicted molar refractivity (Wildman–Crippen MR) is 283 cm³/mol. The van der Waals surface area contributed by atoms with Gasteiger partial charge in [0.05, 0.1) is 5.69 Å². The Bertz CT molecular complexity index is 3390. The second kappa shape index (κ2) is 13.1. The molecule has 0 fully saturated rings. The molecule has 4 heteroatoms. The van der Waals surface area contributed by atoms with Crippen LogP contribution < -0.4 is 16.0 Å². The third-order valence-corrected chi connectivity index (χ3v) is 17.2. The van der Waals surface area contributed by atoms with Gasteiger partial charge in [0.15, 0.2) is 0 Å². The number of aromatic nitrogens is 1. The zero-order valence-electron chi connectivity index (χ0n) is 42.0. The van der Waals surface area contributed by atoms with Gasteiger partial charge in [0, 0.05) is 44.1 Å². The summed E-state index contributed by atoms with van der Waals surface area (Å²) < 4.78 is 10.4. The van der Waals surface area contributed by atoms with Gasteiger partial charge in [-0.15, -0.1) is 0 Å². The monoisotopic (exact) mass is 867 g/mol. The van der Waals surface area contributed by atoms with Crippen molar-refractivity contribution in [3.8, 4) is 22.3 Å². The average molecular weight is 867 g/mol. The lowest BCUT2D eigenvalue weighted by Gasteiger charge is -2.43. The van der Waals surface area contributed by atoms with Crippen LogP contribution in [-0.2, 0) is 32.5 Å². The van der Waals surface area contributed by atoms with Crippen LogP contribution >= 0.6 is 0 Å². The van der Waals surface area contributed by atoms with Crippen molar-refractivity contribution in [3.05, 3.63) is 137 Å². The Balaban J connectivity index is 1.27.